The summed E-state index contributed by atoms with van der Waals surface area (Å²) in [5.41, 5.74) is 1.14. The number of benzene rings is 1. The number of likely N-dealkylation sites (tertiary alicyclic amines) is 1. The number of hydrogen-bond acceptors (Lipinski definition) is 3. The fraction of sp³-hybridized carbons (Fsp3) is 0.467. The average molecular weight is 272 g/mol. The van der Waals surface area contributed by atoms with Crippen molar-refractivity contribution < 1.29 is 4.79 Å². The van der Waals surface area contributed by atoms with Crippen LogP contribution in [0.1, 0.15) is 30.7 Å². The molecule has 2 heterocycles. The Morgan fingerprint density at radius 3 is 3.05 bits per heavy atom. The molecule has 0 saturated carbocycles. The van der Waals surface area contributed by atoms with Crippen LogP contribution < -0.4 is 0 Å². The molecule has 2 aliphatic heterocycles. The van der Waals surface area contributed by atoms with Crippen molar-refractivity contribution in [1.82, 2.24) is 4.90 Å². The molecule has 1 aromatic carbocycles. The van der Waals surface area contributed by atoms with E-state index in [0.29, 0.717) is 0 Å². The lowest BCUT2D eigenvalue weighted by Gasteiger charge is -2.33. The lowest BCUT2D eigenvalue weighted by molar-refractivity contribution is -0.134. The van der Waals surface area contributed by atoms with Crippen molar-refractivity contribution in [2.24, 2.45) is 0 Å². The van der Waals surface area contributed by atoms with Crippen molar-refractivity contribution in [2.75, 3.05) is 12.3 Å². The molecule has 3 nitrogen and oxygen atoms in total. The topological polar surface area (TPSA) is 44.1 Å². The Kier molecular flexibility index (Phi) is 3.48. The fourth-order valence-corrected chi connectivity index (χ4v) is 4.12. The zero-order chi connectivity index (χ0) is 13.2. The first kappa shape index (κ1) is 12.6. The van der Waals surface area contributed by atoms with Gasteiger partial charge in [0.15, 0.2) is 0 Å². The van der Waals surface area contributed by atoms with E-state index in [-0.39, 0.29) is 17.9 Å². The second-order valence-corrected chi connectivity index (χ2v) is 6.14. The number of rotatable bonds is 1. The van der Waals surface area contributed by atoms with Gasteiger partial charge >= 0.3 is 0 Å². The van der Waals surface area contributed by atoms with E-state index in [1.165, 1.54) is 4.90 Å². The summed E-state index contributed by atoms with van der Waals surface area (Å²) in [4.78, 5) is 15.7. The van der Waals surface area contributed by atoms with E-state index in [4.69, 9.17) is 0 Å². The van der Waals surface area contributed by atoms with Crippen LogP contribution in [0.5, 0.6) is 0 Å². The van der Waals surface area contributed by atoms with E-state index in [0.717, 1.165) is 37.1 Å². The molecule has 0 aliphatic carbocycles. The van der Waals surface area contributed by atoms with Gasteiger partial charge < -0.3 is 4.90 Å². The smallest absolute Gasteiger partial charge is 0.232 e. The van der Waals surface area contributed by atoms with Crippen LogP contribution in [0.4, 0.5) is 0 Å². The molecule has 4 heteroatoms. The minimum atomic E-state index is -0.223. The van der Waals surface area contributed by atoms with Gasteiger partial charge in [-0.1, -0.05) is 18.2 Å². The van der Waals surface area contributed by atoms with E-state index in [1.54, 1.807) is 16.7 Å². The molecule has 1 saturated heterocycles. The minimum Gasteiger partial charge on any atom is -0.326 e. The number of thioether (sulfide) groups is 1. The summed E-state index contributed by atoms with van der Waals surface area (Å²) in [6.45, 7) is 0.737. The Hall–Kier alpha value is -1.47. The Morgan fingerprint density at radius 2 is 2.21 bits per heavy atom. The largest absolute Gasteiger partial charge is 0.326 e. The lowest BCUT2D eigenvalue weighted by atomic mass is 9.96. The SMILES string of the molecule is N#CC1CCCCN1C(=O)C1CSc2ccccc21. The summed E-state index contributed by atoms with van der Waals surface area (Å²) < 4.78 is 0. The first-order valence-corrected chi connectivity index (χ1v) is 7.71. The van der Waals surface area contributed by atoms with Crippen LogP contribution >= 0.6 is 11.8 Å². The van der Waals surface area contributed by atoms with Crippen molar-refractivity contribution in [3.63, 3.8) is 0 Å². The highest BCUT2D eigenvalue weighted by Crippen LogP contribution is 2.40. The number of nitrogens with zero attached hydrogens (tertiary/aromatic N) is 2. The van der Waals surface area contributed by atoms with Gasteiger partial charge in [0.2, 0.25) is 5.91 Å². The van der Waals surface area contributed by atoms with Crippen LogP contribution in [-0.2, 0) is 4.79 Å². The quantitative estimate of drug-likeness (QED) is 0.789. The van der Waals surface area contributed by atoms with E-state index < -0.39 is 0 Å². The highest BCUT2D eigenvalue weighted by molar-refractivity contribution is 7.99. The van der Waals surface area contributed by atoms with Gasteiger partial charge in [0.25, 0.3) is 0 Å². The van der Waals surface area contributed by atoms with Gasteiger partial charge in [-0.05, 0) is 30.9 Å². The Balaban J connectivity index is 1.83. The van der Waals surface area contributed by atoms with Gasteiger partial charge in [-0.2, -0.15) is 5.26 Å². The molecule has 0 N–H and O–H groups in total. The van der Waals surface area contributed by atoms with Crippen LogP contribution in [0.2, 0.25) is 0 Å². The van der Waals surface area contributed by atoms with Crippen LogP contribution in [-0.4, -0.2) is 29.1 Å². The zero-order valence-electron chi connectivity index (χ0n) is 10.7. The molecule has 2 aliphatic rings. The van der Waals surface area contributed by atoms with E-state index >= 15 is 0 Å². The van der Waals surface area contributed by atoms with E-state index in [1.807, 2.05) is 18.2 Å². The molecule has 0 aromatic heterocycles. The fourth-order valence-electron chi connectivity index (χ4n) is 2.90. The number of nitriles is 1. The monoisotopic (exact) mass is 272 g/mol. The van der Waals surface area contributed by atoms with Crippen LogP contribution in [0.15, 0.2) is 29.2 Å². The number of piperidine rings is 1. The van der Waals surface area contributed by atoms with Crippen molar-refractivity contribution in [3.8, 4) is 6.07 Å². The Bertz CT molecular complexity index is 537. The Labute approximate surface area is 117 Å². The summed E-state index contributed by atoms with van der Waals surface area (Å²) in [7, 11) is 0. The molecule has 98 valence electrons. The van der Waals surface area contributed by atoms with Crippen LogP contribution in [0.3, 0.4) is 0 Å². The Morgan fingerprint density at radius 1 is 1.37 bits per heavy atom. The summed E-state index contributed by atoms with van der Waals surface area (Å²) >= 11 is 1.75. The van der Waals surface area contributed by atoms with Gasteiger partial charge in [0.05, 0.1) is 12.0 Å². The molecule has 3 rings (SSSR count). The zero-order valence-corrected chi connectivity index (χ0v) is 11.5. The second-order valence-electron chi connectivity index (χ2n) is 5.07. The van der Waals surface area contributed by atoms with Gasteiger partial charge in [0, 0.05) is 17.2 Å². The average Bonchev–Trinajstić information content (AvgIpc) is 2.90. The summed E-state index contributed by atoms with van der Waals surface area (Å²) in [5, 5.41) is 9.20. The molecule has 1 aromatic rings. The molecule has 1 amide bonds. The molecule has 19 heavy (non-hydrogen) atoms. The first-order chi connectivity index (χ1) is 9.31. The number of hydrogen-bond donors (Lipinski definition) is 0. The highest BCUT2D eigenvalue weighted by atomic mass is 32.2. The van der Waals surface area contributed by atoms with Crippen molar-refractivity contribution in [2.45, 2.75) is 36.1 Å². The predicted octanol–water partition coefficient (Wildman–Crippen LogP) is 2.78. The predicted molar refractivity (Wildman–Crippen MR) is 74.9 cm³/mol. The van der Waals surface area contributed by atoms with Gasteiger partial charge in [0.1, 0.15) is 6.04 Å². The molecular weight excluding hydrogens is 256 g/mol. The number of carbonyl (C=O) groups is 1. The number of fused-ring (bicyclic) bond motifs is 1. The molecule has 0 spiro atoms. The van der Waals surface area contributed by atoms with Crippen LogP contribution in [0.25, 0.3) is 0 Å². The lowest BCUT2D eigenvalue weighted by Crippen LogP contribution is -2.45. The summed E-state index contributed by atoms with van der Waals surface area (Å²) in [5.74, 6) is 0.895. The molecule has 0 radical (unpaired) electrons. The molecule has 0 bridgehead atoms. The third kappa shape index (κ3) is 2.23. The first-order valence-electron chi connectivity index (χ1n) is 6.73. The standard InChI is InChI=1S/C15H16N2OS/c16-9-11-5-3-4-8-17(11)15(18)13-10-19-14-7-2-1-6-12(13)14/h1-2,6-7,11,13H,3-5,8,10H2. The van der Waals surface area contributed by atoms with E-state index in [2.05, 4.69) is 12.1 Å². The maximum Gasteiger partial charge on any atom is 0.232 e. The maximum absolute atomic E-state index is 12.7. The summed E-state index contributed by atoms with van der Waals surface area (Å²) in [6, 6.07) is 10.2. The molecule has 2 atom stereocenters. The molecule has 2 unspecified atom stereocenters. The molecule has 1 fully saturated rings. The van der Waals surface area contributed by atoms with Crippen LogP contribution in [0, 0.1) is 11.3 Å². The van der Waals surface area contributed by atoms with Gasteiger partial charge in [-0.15, -0.1) is 11.8 Å². The third-order valence-corrected chi connectivity index (χ3v) is 5.12. The number of amides is 1. The van der Waals surface area contributed by atoms with Gasteiger partial charge in [-0.25, -0.2) is 0 Å². The van der Waals surface area contributed by atoms with Crippen molar-refractivity contribution >= 4 is 17.7 Å². The minimum absolute atomic E-state index is 0.0600. The number of carbonyl (C=O) groups excluding carboxylic acids is 1. The highest BCUT2D eigenvalue weighted by Gasteiger charge is 2.35. The normalized spacial score (nSPS) is 25.7. The molecular formula is C15H16N2OS. The van der Waals surface area contributed by atoms with Crippen molar-refractivity contribution in [3.05, 3.63) is 29.8 Å². The van der Waals surface area contributed by atoms with Gasteiger partial charge in [-0.3, -0.25) is 4.79 Å². The second kappa shape index (κ2) is 5.26. The summed E-state index contributed by atoms with van der Waals surface area (Å²) in [6.07, 6.45) is 2.90. The maximum atomic E-state index is 12.7. The van der Waals surface area contributed by atoms with E-state index in [9.17, 15) is 10.1 Å². The van der Waals surface area contributed by atoms with Crippen molar-refractivity contribution in [1.29, 1.82) is 5.26 Å². The third-order valence-electron chi connectivity index (χ3n) is 3.93.